The summed E-state index contributed by atoms with van der Waals surface area (Å²) in [4.78, 5) is 11.1. The SMILES string of the molecule is Cc1nnc2ccc(C(=O)NO)cn12. The van der Waals surface area contributed by atoms with Crippen molar-refractivity contribution in [3.8, 4) is 0 Å². The van der Waals surface area contributed by atoms with Crippen LogP contribution in [0.25, 0.3) is 5.65 Å². The van der Waals surface area contributed by atoms with Crippen LogP contribution in [0.3, 0.4) is 0 Å². The van der Waals surface area contributed by atoms with Crippen LogP contribution in [0.1, 0.15) is 16.2 Å². The first-order valence-electron chi connectivity index (χ1n) is 3.98. The predicted molar refractivity (Wildman–Crippen MR) is 47.0 cm³/mol. The van der Waals surface area contributed by atoms with Crippen LogP contribution in [0.5, 0.6) is 0 Å². The number of fused-ring (bicyclic) bond motifs is 1. The van der Waals surface area contributed by atoms with Gasteiger partial charge in [-0.25, -0.2) is 5.48 Å². The number of amides is 1. The molecule has 2 aromatic heterocycles. The van der Waals surface area contributed by atoms with E-state index in [0.717, 1.165) is 0 Å². The van der Waals surface area contributed by atoms with E-state index in [0.29, 0.717) is 17.0 Å². The molecule has 1 amide bonds. The smallest absolute Gasteiger partial charge is 0.276 e. The summed E-state index contributed by atoms with van der Waals surface area (Å²) < 4.78 is 1.67. The van der Waals surface area contributed by atoms with Gasteiger partial charge in [-0.2, -0.15) is 0 Å². The molecule has 0 unspecified atom stereocenters. The Balaban J connectivity index is 2.60. The molecule has 2 rings (SSSR count). The van der Waals surface area contributed by atoms with Gasteiger partial charge in [-0.3, -0.25) is 14.4 Å². The van der Waals surface area contributed by atoms with Crippen LogP contribution in [-0.2, 0) is 0 Å². The molecule has 14 heavy (non-hydrogen) atoms. The number of nitrogens with one attached hydrogen (secondary N) is 1. The third kappa shape index (κ3) is 1.21. The van der Waals surface area contributed by atoms with Crippen LogP contribution in [0.15, 0.2) is 18.3 Å². The lowest BCUT2D eigenvalue weighted by molar-refractivity contribution is 0.0706. The standard InChI is InChI=1S/C8H8N4O2/c1-5-9-10-7-3-2-6(4-12(5)7)8(13)11-14/h2-4,14H,1H3,(H,11,13). The predicted octanol–water partition coefficient (Wildman–Crippen LogP) is 0.157. The zero-order valence-corrected chi connectivity index (χ0v) is 7.43. The van der Waals surface area contributed by atoms with E-state index in [2.05, 4.69) is 10.2 Å². The molecule has 6 nitrogen and oxygen atoms in total. The average Bonchev–Trinajstić information content (AvgIpc) is 2.59. The van der Waals surface area contributed by atoms with Crippen molar-refractivity contribution in [2.75, 3.05) is 0 Å². The molecule has 0 saturated heterocycles. The number of nitrogens with zero attached hydrogens (tertiary/aromatic N) is 3. The molecule has 0 aliphatic carbocycles. The van der Waals surface area contributed by atoms with Crippen LogP contribution in [0, 0.1) is 6.92 Å². The van der Waals surface area contributed by atoms with Crippen molar-refractivity contribution in [2.45, 2.75) is 6.92 Å². The second-order valence-electron chi connectivity index (χ2n) is 2.83. The highest BCUT2D eigenvalue weighted by atomic mass is 16.5. The van der Waals surface area contributed by atoms with Gasteiger partial charge in [0.2, 0.25) is 0 Å². The molecule has 2 N–H and O–H groups in total. The van der Waals surface area contributed by atoms with Crippen LogP contribution >= 0.6 is 0 Å². The van der Waals surface area contributed by atoms with E-state index in [1.54, 1.807) is 35.1 Å². The minimum atomic E-state index is -0.556. The average molecular weight is 192 g/mol. The normalized spacial score (nSPS) is 10.4. The van der Waals surface area contributed by atoms with Crippen LogP contribution in [0.2, 0.25) is 0 Å². The molecule has 0 aliphatic rings. The molecule has 0 bridgehead atoms. The van der Waals surface area contributed by atoms with Gasteiger partial charge in [-0.15, -0.1) is 10.2 Å². The number of aryl methyl sites for hydroxylation is 1. The molecule has 0 saturated carbocycles. The summed E-state index contributed by atoms with van der Waals surface area (Å²) in [5.41, 5.74) is 2.58. The van der Waals surface area contributed by atoms with Gasteiger partial charge >= 0.3 is 0 Å². The number of hydrogen-bond acceptors (Lipinski definition) is 4. The zero-order chi connectivity index (χ0) is 10.1. The third-order valence-corrected chi connectivity index (χ3v) is 1.94. The van der Waals surface area contributed by atoms with Crippen molar-refractivity contribution in [3.05, 3.63) is 29.7 Å². The van der Waals surface area contributed by atoms with Gasteiger partial charge in [0.05, 0.1) is 5.56 Å². The second kappa shape index (κ2) is 3.08. The molecule has 0 radical (unpaired) electrons. The molecule has 72 valence electrons. The Morgan fingerprint density at radius 2 is 2.29 bits per heavy atom. The Hall–Kier alpha value is -1.95. The Morgan fingerprint density at radius 3 is 3.00 bits per heavy atom. The maximum atomic E-state index is 11.1. The van der Waals surface area contributed by atoms with Crippen molar-refractivity contribution in [1.29, 1.82) is 0 Å². The van der Waals surface area contributed by atoms with Gasteiger partial charge in [-0.05, 0) is 19.1 Å². The molecule has 0 aromatic carbocycles. The van der Waals surface area contributed by atoms with Crippen LogP contribution < -0.4 is 5.48 Å². The van der Waals surface area contributed by atoms with Gasteiger partial charge in [0, 0.05) is 6.20 Å². The molecule has 2 heterocycles. The zero-order valence-electron chi connectivity index (χ0n) is 7.43. The van der Waals surface area contributed by atoms with E-state index in [1.807, 2.05) is 0 Å². The number of carbonyl (C=O) groups excluding carboxylic acids is 1. The van der Waals surface area contributed by atoms with E-state index in [1.165, 1.54) is 0 Å². The number of carbonyl (C=O) groups is 1. The largest absolute Gasteiger partial charge is 0.288 e. The minimum absolute atomic E-state index is 0.350. The molecule has 0 fully saturated rings. The van der Waals surface area contributed by atoms with Gasteiger partial charge in [0.25, 0.3) is 5.91 Å². The third-order valence-electron chi connectivity index (χ3n) is 1.94. The second-order valence-corrected chi connectivity index (χ2v) is 2.83. The van der Waals surface area contributed by atoms with Crippen molar-refractivity contribution in [3.63, 3.8) is 0 Å². The highest BCUT2D eigenvalue weighted by molar-refractivity contribution is 5.93. The van der Waals surface area contributed by atoms with E-state index in [4.69, 9.17) is 5.21 Å². The maximum absolute atomic E-state index is 11.1. The molecule has 6 heteroatoms. The number of hydrogen-bond donors (Lipinski definition) is 2. The summed E-state index contributed by atoms with van der Waals surface area (Å²) in [6, 6.07) is 3.22. The highest BCUT2D eigenvalue weighted by Gasteiger charge is 2.06. The Labute approximate surface area is 79.1 Å². The van der Waals surface area contributed by atoms with Gasteiger partial charge in [-0.1, -0.05) is 0 Å². The fraction of sp³-hybridized carbons (Fsp3) is 0.125. The number of pyridine rings is 1. The molecular formula is C8H8N4O2. The van der Waals surface area contributed by atoms with E-state index >= 15 is 0 Å². The Bertz CT molecular complexity index is 491. The van der Waals surface area contributed by atoms with Crippen molar-refractivity contribution in [2.24, 2.45) is 0 Å². The quantitative estimate of drug-likeness (QED) is 0.498. The van der Waals surface area contributed by atoms with Crippen LogP contribution in [-0.4, -0.2) is 25.7 Å². The monoisotopic (exact) mass is 192 g/mol. The lowest BCUT2D eigenvalue weighted by Crippen LogP contribution is -2.18. The summed E-state index contributed by atoms with van der Waals surface area (Å²) in [6.45, 7) is 1.78. The summed E-state index contributed by atoms with van der Waals surface area (Å²) in [6.07, 6.45) is 1.57. The highest BCUT2D eigenvalue weighted by Crippen LogP contribution is 2.05. The van der Waals surface area contributed by atoms with Crippen molar-refractivity contribution < 1.29 is 10.0 Å². The fourth-order valence-corrected chi connectivity index (χ4v) is 1.20. The summed E-state index contributed by atoms with van der Waals surface area (Å²) in [5, 5.41) is 16.1. The van der Waals surface area contributed by atoms with E-state index in [-0.39, 0.29) is 0 Å². The molecule has 0 aliphatic heterocycles. The molecule has 0 atom stereocenters. The van der Waals surface area contributed by atoms with Crippen molar-refractivity contribution in [1.82, 2.24) is 20.1 Å². The molecule has 0 spiro atoms. The molecule has 2 aromatic rings. The molecular weight excluding hydrogens is 184 g/mol. The Morgan fingerprint density at radius 1 is 1.50 bits per heavy atom. The van der Waals surface area contributed by atoms with Gasteiger partial charge in [0.15, 0.2) is 5.65 Å². The summed E-state index contributed by atoms with van der Waals surface area (Å²) in [7, 11) is 0. The summed E-state index contributed by atoms with van der Waals surface area (Å²) in [5.74, 6) is 0.132. The van der Waals surface area contributed by atoms with Crippen molar-refractivity contribution >= 4 is 11.6 Å². The van der Waals surface area contributed by atoms with E-state index < -0.39 is 5.91 Å². The number of aromatic nitrogens is 3. The fourth-order valence-electron chi connectivity index (χ4n) is 1.20. The summed E-state index contributed by atoms with van der Waals surface area (Å²) >= 11 is 0. The van der Waals surface area contributed by atoms with Gasteiger partial charge < -0.3 is 0 Å². The first-order chi connectivity index (χ1) is 6.72. The Kier molecular flexibility index (Phi) is 1.90. The van der Waals surface area contributed by atoms with E-state index in [9.17, 15) is 4.79 Å². The van der Waals surface area contributed by atoms with Crippen LogP contribution in [0.4, 0.5) is 0 Å². The lowest BCUT2D eigenvalue weighted by atomic mass is 10.3. The topological polar surface area (TPSA) is 79.5 Å². The minimum Gasteiger partial charge on any atom is -0.288 e. The lowest BCUT2D eigenvalue weighted by Gasteiger charge is -1.99. The van der Waals surface area contributed by atoms with Gasteiger partial charge in [0.1, 0.15) is 5.82 Å². The number of hydroxylamine groups is 1. The maximum Gasteiger partial charge on any atom is 0.276 e. The first kappa shape index (κ1) is 8.64. The number of rotatable bonds is 1. The first-order valence-corrected chi connectivity index (χ1v) is 3.98.